The molecule has 2 amide bonds. The minimum atomic E-state index is -1.94. The van der Waals surface area contributed by atoms with Crippen LogP contribution in [0.25, 0.3) is 0 Å². The van der Waals surface area contributed by atoms with E-state index in [0.29, 0.717) is 6.42 Å². The van der Waals surface area contributed by atoms with Crippen molar-refractivity contribution in [2.24, 2.45) is 11.5 Å². The van der Waals surface area contributed by atoms with Gasteiger partial charge in [0.05, 0.1) is 6.42 Å². The lowest BCUT2D eigenvalue weighted by molar-refractivity contribution is -0.165. The molecule has 0 fully saturated rings. The molecule has 0 aromatic carbocycles. The number of amides is 2. The number of carbonyl (C=O) groups is 4. The van der Waals surface area contributed by atoms with Crippen LogP contribution >= 0.6 is 0 Å². The number of carboxylic acid groups (broad SMARTS) is 1. The van der Waals surface area contributed by atoms with E-state index in [-0.39, 0.29) is 13.0 Å². The van der Waals surface area contributed by atoms with Crippen LogP contribution in [0, 0.1) is 0 Å². The van der Waals surface area contributed by atoms with Crippen LogP contribution in [0.3, 0.4) is 0 Å². The average molecular weight is 291 g/mol. The summed E-state index contributed by atoms with van der Waals surface area (Å²) in [5, 5.41) is 19.5. The summed E-state index contributed by atoms with van der Waals surface area (Å²) in [7, 11) is 0. The molecule has 0 saturated heterocycles. The van der Waals surface area contributed by atoms with E-state index in [1.165, 1.54) is 0 Å². The van der Waals surface area contributed by atoms with Crippen LogP contribution in [-0.2, 0) is 19.1 Å². The number of carboxylic acids is 1. The van der Waals surface area contributed by atoms with Crippen LogP contribution in [0.15, 0.2) is 0 Å². The summed E-state index contributed by atoms with van der Waals surface area (Å²) in [5.74, 6) is -3.82. The predicted molar refractivity (Wildman–Crippen MR) is 64.2 cm³/mol. The number of ether oxygens (including phenoxy) is 1. The Labute approximate surface area is 114 Å². The zero-order chi connectivity index (χ0) is 15.7. The van der Waals surface area contributed by atoms with Gasteiger partial charge in [-0.15, -0.1) is 0 Å². The minimum Gasteiger partial charge on any atom is -0.479 e. The van der Waals surface area contributed by atoms with E-state index in [0.717, 1.165) is 0 Å². The fraction of sp³-hybridized carbons (Fsp3) is 0.600. The Hall–Kier alpha value is -2.20. The van der Waals surface area contributed by atoms with Crippen LogP contribution < -0.4 is 16.8 Å². The highest BCUT2D eigenvalue weighted by molar-refractivity contribution is 5.90. The van der Waals surface area contributed by atoms with Crippen LogP contribution in [-0.4, -0.2) is 52.8 Å². The van der Waals surface area contributed by atoms with Crippen molar-refractivity contribution < 1.29 is 34.1 Å². The molecule has 0 heterocycles. The van der Waals surface area contributed by atoms with Crippen LogP contribution in [0.5, 0.6) is 0 Å². The Morgan fingerprint density at radius 1 is 1.25 bits per heavy atom. The Balaban J connectivity index is 3.97. The molecule has 0 bridgehead atoms. The fourth-order valence-electron chi connectivity index (χ4n) is 1.13. The first-order chi connectivity index (χ1) is 9.23. The van der Waals surface area contributed by atoms with Gasteiger partial charge in [0.1, 0.15) is 6.04 Å². The molecule has 0 aliphatic heterocycles. The quantitative estimate of drug-likeness (QED) is 0.187. The first-order valence-electron chi connectivity index (χ1n) is 5.68. The summed E-state index contributed by atoms with van der Waals surface area (Å²) in [6.07, 6.45) is -2.32. The second kappa shape index (κ2) is 8.82. The number of hydrogen-bond donors (Lipinski definition) is 5. The van der Waals surface area contributed by atoms with E-state index in [2.05, 4.69) is 10.1 Å². The van der Waals surface area contributed by atoms with Crippen molar-refractivity contribution in [2.75, 3.05) is 6.54 Å². The number of urea groups is 1. The average Bonchev–Trinajstić information content (AvgIpc) is 2.33. The van der Waals surface area contributed by atoms with Gasteiger partial charge in [0.25, 0.3) is 0 Å². The van der Waals surface area contributed by atoms with Crippen molar-refractivity contribution >= 4 is 23.9 Å². The number of carbonyl (C=O) groups excluding carboxylic acids is 3. The maximum absolute atomic E-state index is 11.3. The highest BCUT2D eigenvalue weighted by Gasteiger charge is 2.23. The smallest absolute Gasteiger partial charge is 0.333 e. The Morgan fingerprint density at radius 2 is 1.85 bits per heavy atom. The van der Waals surface area contributed by atoms with Crippen molar-refractivity contribution in [1.82, 2.24) is 5.32 Å². The van der Waals surface area contributed by atoms with Crippen LogP contribution in [0.2, 0.25) is 0 Å². The molecule has 0 spiro atoms. The highest BCUT2D eigenvalue weighted by Crippen LogP contribution is 2.00. The maximum Gasteiger partial charge on any atom is 0.333 e. The molecule has 0 aromatic rings. The zero-order valence-corrected chi connectivity index (χ0v) is 10.6. The largest absolute Gasteiger partial charge is 0.479 e. The minimum absolute atomic E-state index is 0.133. The molecule has 20 heavy (non-hydrogen) atoms. The van der Waals surface area contributed by atoms with Gasteiger partial charge in [-0.1, -0.05) is 0 Å². The van der Waals surface area contributed by atoms with E-state index in [4.69, 9.17) is 21.7 Å². The van der Waals surface area contributed by atoms with E-state index in [1.54, 1.807) is 0 Å². The SMILES string of the molecule is NC(=O)NCCC[C@H](N)C(=O)OC(=O)CC(O)C(=O)O. The van der Waals surface area contributed by atoms with Crippen molar-refractivity contribution in [3.05, 3.63) is 0 Å². The summed E-state index contributed by atoms with van der Waals surface area (Å²) in [5.41, 5.74) is 10.2. The number of hydrogen-bond acceptors (Lipinski definition) is 7. The first-order valence-corrected chi connectivity index (χ1v) is 5.68. The molecule has 0 aromatic heterocycles. The molecule has 0 aliphatic rings. The van der Waals surface area contributed by atoms with E-state index < -0.39 is 42.5 Å². The van der Waals surface area contributed by atoms with Crippen molar-refractivity contribution in [3.8, 4) is 0 Å². The normalized spacial score (nSPS) is 13.1. The van der Waals surface area contributed by atoms with Gasteiger partial charge in [-0.3, -0.25) is 4.79 Å². The van der Waals surface area contributed by atoms with Crippen molar-refractivity contribution in [3.63, 3.8) is 0 Å². The molecule has 0 radical (unpaired) electrons. The third kappa shape index (κ3) is 8.00. The summed E-state index contributed by atoms with van der Waals surface area (Å²) in [4.78, 5) is 43.0. The summed E-state index contributed by atoms with van der Waals surface area (Å²) >= 11 is 0. The molecule has 0 aliphatic carbocycles. The third-order valence-corrected chi connectivity index (χ3v) is 2.15. The standard InChI is InChI=1S/C10H17N3O7/c11-5(2-1-3-13-10(12)19)9(18)20-7(15)4-6(14)8(16)17/h5-6,14H,1-4,11H2,(H,16,17)(H3,12,13,19)/t5-,6?/m0/s1. The third-order valence-electron chi connectivity index (χ3n) is 2.15. The molecule has 10 nitrogen and oxygen atoms in total. The lowest BCUT2D eigenvalue weighted by Gasteiger charge is -2.11. The summed E-state index contributed by atoms with van der Waals surface area (Å²) < 4.78 is 4.27. The molecular weight excluding hydrogens is 274 g/mol. The zero-order valence-electron chi connectivity index (χ0n) is 10.6. The van der Waals surface area contributed by atoms with E-state index in [9.17, 15) is 19.2 Å². The molecule has 0 saturated carbocycles. The number of nitrogens with one attached hydrogen (secondary N) is 1. The topological polar surface area (TPSA) is 182 Å². The molecule has 0 rings (SSSR count). The van der Waals surface area contributed by atoms with Gasteiger partial charge in [-0.2, -0.15) is 0 Å². The Bertz CT molecular complexity index is 385. The molecule has 114 valence electrons. The molecule has 2 atom stereocenters. The van der Waals surface area contributed by atoms with E-state index in [1.807, 2.05) is 0 Å². The fourth-order valence-corrected chi connectivity index (χ4v) is 1.13. The maximum atomic E-state index is 11.3. The molecule has 1 unspecified atom stereocenters. The van der Waals surface area contributed by atoms with Crippen LogP contribution in [0.4, 0.5) is 4.79 Å². The van der Waals surface area contributed by atoms with Gasteiger partial charge in [0.15, 0.2) is 6.10 Å². The van der Waals surface area contributed by atoms with Gasteiger partial charge in [-0.25, -0.2) is 14.4 Å². The Kier molecular flexibility index (Phi) is 7.85. The van der Waals surface area contributed by atoms with Gasteiger partial charge in [-0.05, 0) is 12.8 Å². The number of nitrogens with two attached hydrogens (primary N) is 2. The van der Waals surface area contributed by atoms with Gasteiger partial charge >= 0.3 is 23.9 Å². The van der Waals surface area contributed by atoms with Gasteiger partial charge in [0.2, 0.25) is 0 Å². The lowest BCUT2D eigenvalue weighted by Crippen LogP contribution is -2.36. The van der Waals surface area contributed by atoms with Crippen LogP contribution in [0.1, 0.15) is 19.3 Å². The molecular formula is C10H17N3O7. The van der Waals surface area contributed by atoms with Crippen molar-refractivity contribution in [2.45, 2.75) is 31.4 Å². The summed E-state index contributed by atoms with van der Waals surface area (Å²) in [6.45, 7) is 0.210. The number of aliphatic hydroxyl groups excluding tert-OH is 1. The number of rotatable bonds is 8. The lowest BCUT2D eigenvalue weighted by atomic mass is 10.1. The molecule has 10 heteroatoms. The first kappa shape index (κ1) is 17.8. The summed E-state index contributed by atoms with van der Waals surface area (Å²) in [6, 6.07) is -1.81. The predicted octanol–water partition coefficient (Wildman–Crippen LogP) is -2.33. The van der Waals surface area contributed by atoms with Gasteiger partial charge in [0, 0.05) is 6.54 Å². The van der Waals surface area contributed by atoms with Crippen molar-refractivity contribution in [1.29, 1.82) is 0 Å². The highest BCUT2D eigenvalue weighted by atomic mass is 16.6. The number of esters is 2. The second-order valence-corrected chi connectivity index (χ2v) is 3.89. The Morgan fingerprint density at radius 3 is 2.35 bits per heavy atom. The second-order valence-electron chi connectivity index (χ2n) is 3.89. The number of primary amides is 1. The molecule has 7 N–H and O–H groups in total. The number of aliphatic hydroxyl groups is 1. The van der Waals surface area contributed by atoms with Gasteiger partial charge < -0.3 is 31.7 Å². The monoisotopic (exact) mass is 291 g/mol. The number of aliphatic carboxylic acids is 1. The van der Waals surface area contributed by atoms with E-state index >= 15 is 0 Å².